The van der Waals surface area contributed by atoms with Crippen molar-refractivity contribution >= 4 is 50.4 Å². The van der Waals surface area contributed by atoms with E-state index in [2.05, 4.69) is 15.4 Å². The lowest BCUT2D eigenvalue weighted by molar-refractivity contribution is -0.384. The van der Waals surface area contributed by atoms with Gasteiger partial charge in [-0.05, 0) is 24.3 Å². The lowest BCUT2D eigenvalue weighted by Crippen LogP contribution is -2.25. The molecule has 2 aromatic heterocycles. The van der Waals surface area contributed by atoms with E-state index in [-0.39, 0.29) is 28.7 Å². The minimum Gasteiger partial charge on any atom is -0.388 e. The molecule has 0 aliphatic rings. The summed E-state index contributed by atoms with van der Waals surface area (Å²) in [5.41, 5.74) is 3.07. The van der Waals surface area contributed by atoms with Crippen LogP contribution in [0.5, 0.6) is 0 Å². The smallest absolute Gasteiger partial charge is 0.388 e. The molecule has 0 atom stereocenters. The maximum absolute atomic E-state index is 12.3. The molecule has 29 heavy (non-hydrogen) atoms. The number of benzene rings is 2. The summed E-state index contributed by atoms with van der Waals surface area (Å²) in [4.78, 5) is 38.7. The summed E-state index contributed by atoms with van der Waals surface area (Å²) in [5, 5.41) is 17.4. The van der Waals surface area contributed by atoms with E-state index in [4.69, 9.17) is 16.0 Å². The van der Waals surface area contributed by atoms with Gasteiger partial charge in [0.05, 0.1) is 31.2 Å². The number of halogens is 1. The predicted octanol–water partition coefficient (Wildman–Crippen LogP) is 3.31. The molecule has 146 valence electrons. The van der Waals surface area contributed by atoms with Crippen LogP contribution in [-0.2, 0) is 11.3 Å². The molecule has 0 saturated carbocycles. The lowest BCUT2D eigenvalue weighted by Gasteiger charge is -2.04. The fraction of sp³-hybridized carbons (Fsp3) is 0.0588. The number of nitrogens with one attached hydrogen (secondary N) is 1. The van der Waals surface area contributed by atoms with Crippen LogP contribution in [0.4, 0.5) is 11.4 Å². The van der Waals surface area contributed by atoms with Gasteiger partial charge in [0.2, 0.25) is 5.91 Å². The fourth-order valence-electron chi connectivity index (χ4n) is 2.58. The highest BCUT2D eigenvalue weighted by atomic mass is 35.5. The van der Waals surface area contributed by atoms with Crippen molar-refractivity contribution in [2.75, 3.05) is 5.32 Å². The number of nitrogens with zero attached hydrogens (tertiary/aromatic N) is 4. The van der Waals surface area contributed by atoms with Gasteiger partial charge in [-0.15, -0.1) is 16.4 Å². The van der Waals surface area contributed by atoms with Crippen molar-refractivity contribution in [2.24, 2.45) is 0 Å². The van der Waals surface area contributed by atoms with Crippen LogP contribution < -0.4 is 11.1 Å². The molecule has 0 unspecified atom stereocenters. The van der Waals surface area contributed by atoms with Crippen LogP contribution in [-0.4, -0.2) is 25.6 Å². The molecule has 0 radical (unpaired) electrons. The highest BCUT2D eigenvalue weighted by molar-refractivity contribution is 7.16. The molecule has 4 rings (SSSR count). The van der Waals surface area contributed by atoms with E-state index >= 15 is 0 Å². The Morgan fingerprint density at radius 3 is 2.90 bits per heavy atom. The van der Waals surface area contributed by atoms with E-state index in [9.17, 15) is 19.7 Å². The topological polar surface area (TPSA) is 133 Å². The van der Waals surface area contributed by atoms with E-state index in [1.807, 2.05) is 0 Å². The molecule has 4 aromatic rings. The van der Waals surface area contributed by atoms with E-state index < -0.39 is 16.6 Å². The fourth-order valence-corrected chi connectivity index (χ4v) is 3.55. The number of aromatic nitrogens is 3. The number of hydrogen-bond acceptors (Lipinski definition) is 8. The molecule has 0 bridgehead atoms. The van der Waals surface area contributed by atoms with Gasteiger partial charge in [-0.3, -0.25) is 14.9 Å². The summed E-state index contributed by atoms with van der Waals surface area (Å²) in [7, 11) is 0. The zero-order valence-corrected chi connectivity index (χ0v) is 15.9. The molecule has 12 heteroatoms. The zero-order valence-electron chi connectivity index (χ0n) is 14.4. The van der Waals surface area contributed by atoms with Crippen molar-refractivity contribution in [3.05, 3.63) is 67.6 Å². The number of nitro benzene ring substituents is 1. The molecule has 1 amide bonds. The van der Waals surface area contributed by atoms with E-state index in [0.717, 1.165) is 21.0 Å². The number of fused-ring (bicyclic) bond motifs is 1. The molecular weight excluding hydrogens is 422 g/mol. The standard InChI is InChI=1S/C17H10ClN5O5S/c18-12-6-10(23(26)27)2-3-11(12)16-21-22(17(25)28-16)7-15(24)20-9-1-4-13-14(5-9)29-8-19-13/h1-6,8H,7H2,(H,20,24). The number of non-ortho nitro benzene ring substituents is 1. The second-order valence-electron chi connectivity index (χ2n) is 5.84. The second kappa shape index (κ2) is 7.45. The van der Waals surface area contributed by atoms with E-state index in [1.165, 1.54) is 23.5 Å². The number of carbonyl (C=O) groups excluding carboxylic acids is 1. The summed E-state index contributed by atoms with van der Waals surface area (Å²) in [6, 6.07) is 8.91. The number of hydrogen-bond donors (Lipinski definition) is 1. The molecule has 0 saturated heterocycles. The first kappa shape index (κ1) is 18.8. The summed E-state index contributed by atoms with van der Waals surface area (Å²) >= 11 is 7.46. The van der Waals surface area contributed by atoms with Gasteiger partial charge in [-0.2, -0.15) is 4.68 Å². The minimum absolute atomic E-state index is 0.00471. The molecule has 0 aliphatic heterocycles. The van der Waals surface area contributed by atoms with Gasteiger partial charge in [0.15, 0.2) is 0 Å². The summed E-state index contributed by atoms with van der Waals surface area (Å²) in [6.45, 7) is -0.381. The van der Waals surface area contributed by atoms with Crippen molar-refractivity contribution < 1.29 is 14.1 Å². The average Bonchev–Trinajstić information content (AvgIpc) is 3.27. The van der Waals surface area contributed by atoms with Crippen LogP contribution in [0.25, 0.3) is 21.7 Å². The second-order valence-corrected chi connectivity index (χ2v) is 7.13. The molecular formula is C17H10ClN5O5S. The average molecular weight is 432 g/mol. The maximum atomic E-state index is 12.3. The maximum Gasteiger partial charge on any atom is 0.437 e. The Morgan fingerprint density at radius 2 is 2.14 bits per heavy atom. The molecule has 0 aliphatic carbocycles. The Balaban J connectivity index is 1.52. The first-order valence-corrected chi connectivity index (χ1v) is 9.32. The van der Waals surface area contributed by atoms with Crippen LogP contribution in [0.2, 0.25) is 5.02 Å². The number of rotatable bonds is 5. The van der Waals surface area contributed by atoms with Crippen molar-refractivity contribution in [3.8, 4) is 11.5 Å². The van der Waals surface area contributed by atoms with Crippen LogP contribution in [0.15, 0.2) is 51.1 Å². The molecule has 10 nitrogen and oxygen atoms in total. The first-order valence-electron chi connectivity index (χ1n) is 8.06. The lowest BCUT2D eigenvalue weighted by atomic mass is 10.2. The van der Waals surface area contributed by atoms with Gasteiger partial charge >= 0.3 is 5.76 Å². The summed E-state index contributed by atoms with van der Waals surface area (Å²) in [5.74, 6) is -1.48. The van der Waals surface area contributed by atoms with Gasteiger partial charge in [-0.25, -0.2) is 9.78 Å². The number of thiazole rings is 1. The largest absolute Gasteiger partial charge is 0.437 e. The highest BCUT2D eigenvalue weighted by Crippen LogP contribution is 2.29. The number of nitro groups is 1. The Labute approximate surface area is 170 Å². The monoisotopic (exact) mass is 431 g/mol. The highest BCUT2D eigenvalue weighted by Gasteiger charge is 2.18. The van der Waals surface area contributed by atoms with Crippen molar-refractivity contribution in [3.63, 3.8) is 0 Å². The van der Waals surface area contributed by atoms with Crippen LogP contribution in [0.3, 0.4) is 0 Å². The Kier molecular flexibility index (Phi) is 4.82. The SMILES string of the molecule is O=C(Cn1nc(-c2ccc([N+](=O)[O-])cc2Cl)oc1=O)Nc1ccc2ncsc2c1. The quantitative estimate of drug-likeness (QED) is 0.378. The van der Waals surface area contributed by atoms with Crippen LogP contribution in [0, 0.1) is 10.1 Å². The predicted molar refractivity (Wildman–Crippen MR) is 106 cm³/mol. The number of amides is 1. The van der Waals surface area contributed by atoms with Crippen LogP contribution in [0.1, 0.15) is 0 Å². The Hall–Kier alpha value is -3.57. The molecule has 2 aromatic carbocycles. The van der Waals surface area contributed by atoms with Crippen molar-refractivity contribution in [2.45, 2.75) is 6.54 Å². The first-order chi connectivity index (χ1) is 13.9. The number of carbonyl (C=O) groups is 1. The van der Waals surface area contributed by atoms with E-state index in [1.54, 1.807) is 23.7 Å². The van der Waals surface area contributed by atoms with Gasteiger partial charge in [0.1, 0.15) is 6.54 Å². The van der Waals surface area contributed by atoms with Gasteiger partial charge < -0.3 is 9.73 Å². The minimum atomic E-state index is -0.859. The van der Waals surface area contributed by atoms with Gasteiger partial charge in [-0.1, -0.05) is 11.6 Å². The Bertz CT molecular complexity index is 1310. The van der Waals surface area contributed by atoms with Crippen LogP contribution >= 0.6 is 22.9 Å². The van der Waals surface area contributed by atoms with Gasteiger partial charge in [0.25, 0.3) is 11.6 Å². The summed E-state index contributed by atoms with van der Waals surface area (Å²) < 4.78 is 6.79. The van der Waals surface area contributed by atoms with E-state index in [0.29, 0.717) is 5.69 Å². The normalized spacial score (nSPS) is 10.9. The third-order valence-corrected chi connectivity index (χ3v) is 5.01. The molecule has 0 fully saturated rings. The van der Waals surface area contributed by atoms with Crippen molar-refractivity contribution in [1.29, 1.82) is 0 Å². The zero-order chi connectivity index (χ0) is 20.5. The molecule has 0 spiro atoms. The number of anilines is 1. The third-order valence-electron chi connectivity index (χ3n) is 3.91. The molecule has 2 heterocycles. The third kappa shape index (κ3) is 3.86. The van der Waals surface area contributed by atoms with Crippen molar-refractivity contribution in [1.82, 2.24) is 14.8 Å². The van der Waals surface area contributed by atoms with Gasteiger partial charge in [0, 0.05) is 17.8 Å². The summed E-state index contributed by atoms with van der Waals surface area (Å²) in [6.07, 6.45) is 0. The molecule has 1 N–H and O–H groups in total. The Morgan fingerprint density at radius 1 is 1.31 bits per heavy atom.